The van der Waals surface area contributed by atoms with E-state index in [1.54, 1.807) is 20.8 Å². The molecule has 1 atom stereocenters. The van der Waals surface area contributed by atoms with Crippen molar-refractivity contribution in [2.24, 2.45) is 0 Å². The van der Waals surface area contributed by atoms with Gasteiger partial charge in [0.1, 0.15) is 28.5 Å². The van der Waals surface area contributed by atoms with E-state index in [0.29, 0.717) is 6.42 Å². The van der Waals surface area contributed by atoms with Crippen LogP contribution in [0.25, 0.3) is 16.6 Å². The smallest absolute Gasteiger partial charge is 0.407 e. The zero-order chi connectivity index (χ0) is 26.4. The van der Waals surface area contributed by atoms with E-state index in [9.17, 15) is 23.9 Å². The van der Waals surface area contributed by atoms with Crippen LogP contribution in [0.3, 0.4) is 0 Å². The number of hydrogen-bond donors (Lipinski definition) is 2. The summed E-state index contributed by atoms with van der Waals surface area (Å²) >= 11 is 0. The molecule has 2 heterocycles. The van der Waals surface area contributed by atoms with Crippen LogP contribution in [0.1, 0.15) is 37.6 Å². The molecule has 1 aromatic heterocycles. The number of benzene rings is 2. The largest absolute Gasteiger partial charge is 0.477 e. The second-order valence-electron chi connectivity index (χ2n) is 9.52. The Morgan fingerprint density at radius 3 is 2.42 bits per heavy atom. The monoisotopic (exact) mass is 503 g/mol. The first kappa shape index (κ1) is 25.1. The van der Waals surface area contributed by atoms with Gasteiger partial charge in [-0.1, -0.05) is 0 Å². The van der Waals surface area contributed by atoms with Crippen molar-refractivity contribution in [3.8, 4) is 5.69 Å². The lowest BCUT2D eigenvalue weighted by atomic mass is 10.1. The van der Waals surface area contributed by atoms with Gasteiger partial charge in [0.25, 0.3) is 0 Å². The lowest BCUT2D eigenvalue weighted by Gasteiger charge is -2.24. The molecule has 0 saturated carbocycles. The SMILES string of the molecule is CC(C)(C)OC(=O)NC1CCN(c2c(F)cc3c(=O)c(C(=O)O)cn(-c4ccc(F)cc4)c3c2F)C1. The van der Waals surface area contributed by atoms with Gasteiger partial charge in [-0.15, -0.1) is 0 Å². The van der Waals surface area contributed by atoms with Crippen molar-refractivity contribution in [3.05, 3.63) is 69.8 Å². The molecule has 190 valence electrons. The molecule has 1 saturated heterocycles. The second-order valence-corrected chi connectivity index (χ2v) is 9.52. The second kappa shape index (κ2) is 9.21. The Morgan fingerprint density at radius 2 is 1.81 bits per heavy atom. The van der Waals surface area contributed by atoms with Crippen molar-refractivity contribution in [1.29, 1.82) is 0 Å². The summed E-state index contributed by atoms with van der Waals surface area (Å²) < 4.78 is 51.0. The van der Waals surface area contributed by atoms with Crippen LogP contribution in [0.5, 0.6) is 0 Å². The van der Waals surface area contributed by atoms with E-state index < -0.39 is 63.2 Å². The average molecular weight is 503 g/mol. The van der Waals surface area contributed by atoms with Gasteiger partial charge >= 0.3 is 12.1 Å². The molecule has 1 aliphatic heterocycles. The first-order chi connectivity index (χ1) is 16.9. The number of pyridine rings is 1. The minimum Gasteiger partial charge on any atom is -0.477 e. The van der Waals surface area contributed by atoms with Gasteiger partial charge in [0.15, 0.2) is 5.82 Å². The lowest BCUT2D eigenvalue weighted by Crippen LogP contribution is -2.40. The predicted molar refractivity (Wildman–Crippen MR) is 126 cm³/mol. The summed E-state index contributed by atoms with van der Waals surface area (Å²) in [7, 11) is 0. The molecular weight excluding hydrogens is 479 g/mol. The van der Waals surface area contributed by atoms with E-state index in [2.05, 4.69) is 5.32 Å². The first-order valence-corrected chi connectivity index (χ1v) is 11.2. The van der Waals surface area contributed by atoms with Crippen LogP contribution >= 0.6 is 0 Å². The Bertz CT molecular complexity index is 1410. The van der Waals surface area contributed by atoms with Gasteiger partial charge in [-0.3, -0.25) is 4.79 Å². The maximum atomic E-state index is 16.0. The van der Waals surface area contributed by atoms with Gasteiger partial charge in [0.2, 0.25) is 5.43 Å². The number of carboxylic acid groups (broad SMARTS) is 1. The van der Waals surface area contributed by atoms with Crippen LogP contribution in [0.4, 0.5) is 23.7 Å². The predicted octanol–water partition coefficient (Wildman–Crippen LogP) is 4.21. The highest BCUT2D eigenvalue weighted by Crippen LogP contribution is 2.33. The molecule has 11 heteroatoms. The molecule has 2 aromatic carbocycles. The number of anilines is 1. The van der Waals surface area contributed by atoms with E-state index in [-0.39, 0.29) is 24.3 Å². The van der Waals surface area contributed by atoms with E-state index in [1.807, 2.05) is 0 Å². The van der Waals surface area contributed by atoms with Crippen LogP contribution < -0.4 is 15.6 Å². The Morgan fingerprint density at radius 1 is 1.14 bits per heavy atom. The van der Waals surface area contributed by atoms with Crippen molar-refractivity contribution in [1.82, 2.24) is 9.88 Å². The number of nitrogens with one attached hydrogen (secondary N) is 1. The first-order valence-electron chi connectivity index (χ1n) is 11.2. The number of carboxylic acids is 1. The van der Waals surface area contributed by atoms with Gasteiger partial charge in [-0.25, -0.2) is 22.8 Å². The highest BCUT2D eigenvalue weighted by Gasteiger charge is 2.31. The maximum absolute atomic E-state index is 16.0. The van der Waals surface area contributed by atoms with Crippen molar-refractivity contribution < 1.29 is 32.6 Å². The third-order valence-corrected chi connectivity index (χ3v) is 5.72. The Kier molecular flexibility index (Phi) is 6.42. The maximum Gasteiger partial charge on any atom is 0.407 e. The summed E-state index contributed by atoms with van der Waals surface area (Å²) in [6.45, 7) is 5.41. The van der Waals surface area contributed by atoms with Crippen molar-refractivity contribution in [2.45, 2.75) is 38.8 Å². The minimum absolute atomic E-state index is 0.0760. The number of aromatic nitrogens is 1. The third-order valence-electron chi connectivity index (χ3n) is 5.72. The van der Waals surface area contributed by atoms with E-state index in [4.69, 9.17) is 4.74 Å². The van der Waals surface area contributed by atoms with Crippen molar-refractivity contribution in [2.75, 3.05) is 18.0 Å². The Balaban J connectivity index is 1.80. The molecular formula is C25H24F3N3O5. The summed E-state index contributed by atoms with van der Waals surface area (Å²) in [5.74, 6) is -4.28. The molecule has 36 heavy (non-hydrogen) atoms. The topological polar surface area (TPSA) is 101 Å². The zero-order valence-electron chi connectivity index (χ0n) is 19.8. The number of carbonyl (C=O) groups is 2. The van der Waals surface area contributed by atoms with Crippen molar-refractivity contribution in [3.63, 3.8) is 0 Å². The number of fused-ring (bicyclic) bond motifs is 1. The fourth-order valence-corrected chi connectivity index (χ4v) is 4.21. The van der Waals surface area contributed by atoms with Crippen LogP contribution in [0.15, 0.2) is 41.3 Å². The fraction of sp³-hybridized carbons (Fsp3) is 0.320. The average Bonchev–Trinajstić information content (AvgIpc) is 3.21. The standard InChI is InChI=1S/C25H24F3N3O5/c1-25(2,3)36-24(35)29-14-8-9-30(11-14)21-18(27)10-16-20(19(21)28)31(12-17(22(16)32)23(33)34)15-6-4-13(26)5-7-15/h4-7,10,12,14H,8-9,11H2,1-3H3,(H,29,35)(H,33,34). The molecule has 0 bridgehead atoms. The van der Waals surface area contributed by atoms with Crippen molar-refractivity contribution >= 4 is 28.7 Å². The van der Waals surface area contributed by atoms with Gasteiger partial charge < -0.3 is 24.6 Å². The molecule has 0 spiro atoms. The van der Waals surface area contributed by atoms with E-state index >= 15 is 8.78 Å². The van der Waals surface area contributed by atoms with E-state index in [0.717, 1.165) is 29.0 Å². The molecule has 2 N–H and O–H groups in total. The summed E-state index contributed by atoms with van der Waals surface area (Å²) in [6, 6.07) is 5.11. The summed E-state index contributed by atoms with van der Waals surface area (Å²) in [5, 5.41) is 11.7. The molecule has 8 nitrogen and oxygen atoms in total. The molecule has 1 fully saturated rings. The summed E-state index contributed by atoms with van der Waals surface area (Å²) in [4.78, 5) is 37.9. The number of hydrogen-bond acceptors (Lipinski definition) is 5. The van der Waals surface area contributed by atoms with Gasteiger partial charge in [-0.2, -0.15) is 0 Å². The summed E-state index contributed by atoms with van der Waals surface area (Å²) in [6.07, 6.45) is 0.668. The van der Waals surface area contributed by atoms with E-state index in [1.165, 1.54) is 17.0 Å². The molecule has 0 aliphatic carbocycles. The van der Waals surface area contributed by atoms with Crippen LogP contribution in [0.2, 0.25) is 0 Å². The molecule has 4 rings (SSSR count). The Hall–Kier alpha value is -4.02. The number of aromatic carboxylic acids is 1. The number of alkyl carbamates (subject to hydrolysis) is 1. The zero-order valence-corrected chi connectivity index (χ0v) is 19.8. The molecule has 1 unspecified atom stereocenters. The lowest BCUT2D eigenvalue weighted by molar-refractivity contribution is 0.0508. The van der Waals surface area contributed by atoms with Gasteiger partial charge in [-0.05, 0) is 57.5 Å². The van der Waals surface area contributed by atoms with Crippen LogP contribution in [-0.4, -0.2) is 46.5 Å². The number of halogens is 3. The quantitative estimate of drug-likeness (QED) is 0.553. The normalized spacial score (nSPS) is 15.8. The number of nitrogens with zero attached hydrogens (tertiary/aromatic N) is 2. The van der Waals surface area contributed by atoms with Gasteiger partial charge in [0, 0.05) is 25.0 Å². The number of ether oxygens (including phenoxy) is 1. The molecule has 0 radical (unpaired) electrons. The van der Waals surface area contributed by atoms with Gasteiger partial charge in [0.05, 0.1) is 16.9 Å². The summed E-state index contributed by atoms with van der Waals surface area (Å²) in [5.41, 5.74) is -3.05. The van der Waals surface area contributed by atoms with Crippen LogP contribution in [0, 0.1) is 17.5 Å². The minimum atomic E-state index is -1.57. The fourth-order valence-electron chi connectivity index (χ4n) is 4.21. The number of amides is 1. The van der Waals surface area contributed by atoms with Crippen LogP contribution in [-0.2, 0) is 4.74 Å². The molecule has 1 amide bonds. The number of rotatable bonds is 4. The Labute approximate surface area is 203 Å². The number of carbonyl (C=O) groups excluding carboxylic acids is 1. The third kappa shape index (κ3) is 4.86. The highest BCUT2D eigenvalue weighted by molar-refractivity contribution is 5.94. The molecule has 1 aliphatic rings. The molecule has 3 aromatic rings. The highest BCUT2D eigenvalue weighted by atomic mass is 19.1.